The predicted octanol–water partition coefficient (Wildman–Crippen LogP) is 4.52. The van der Waals surface area contributed by atoms with Crippen molar-refractivity contribution in [3.63, 3.8) is 0 Å². The van der Waals surface area contributed by atoms with Crippen molar-refractivity contribution in [3.8, 4) is 5.75 Å². The molecule has 0 aromatic heterocycles. The second-order valence-corrected chi connectivity index (χ2v) is 4.40. The number of rotatable bonds is 5. The minimum absolute atomic E-state index is 0.0800. The van der Waals surface area contributed by atoms with Crippen LogP contribution in [0.5, 0.6) is 5.75 Å². The Balaban J connectivity index is 2.97. The molecule has 0 atom stereocenters. The van der Waals surface area contributed by atoms with E-state index in [0.717, 1.165) is 18.4 Å². The average Bonchev–Trinajstić information content (AvgIpc) is 2.17. The summed E-state index contributed by atoms with van der Waals surface area (Å²) in [6.45, 7) is 8.15. The highest BCUT2D eigenvalue weighted by Crippen LogP contribution is 2.27. The molecular weight excluding hydrogens is 203 g/mol. The Morgan fingerprint density at radius 1 is 1.12 bits per heavy atom. The zero-order chi connectivity index (χ0) is 12.1. The van der Waals surface area contributed by atoms with Gasteiger partial charge < -0.3 is 4.74 Å². The van der Waals surface area contributed by atoms with E-state index in [9.17, 15) is 4.39 Å². The molecule has 1 rings (SSSR count). The molecular formula is C14H21FO. The van der Waals surface area contributed by atoms with Gasteiger partial charge >= 0.3 is 0 Å². The number of ether oxygens (including phenoxy) is 1. The summed E-state index contributed by atoms with van der Waals surface area (Å²) in [4.78, 5) is 0. The fourth-order valence-corrected chi connectivity index (χ4v) is 1.92. The first kappa shape index (κ1) is 13.0. The van der Waals surface area contributed by atoms with Crippen molar-refractivity contribution in [1.29, 1.82) is 0 Å². The predicted molar refractivity (Wildman–Crippen MR) is 65.5 cm³/mol. The summed E-state index contributed by atoms with van der Waals surface area (Å²) in [7, 11) is 0. The van der Waals surface area contributed by atoms with Gasteiger partial charge in [0.2, 0.25) is 0 Å². The first-order valence-electron chi connectivity index (χ1n) is 6.03. The Morgan fingerprint density at radius 2 is 1.75 bits per heavy atom. The topological polar surface area (TPSA) is 9.23 Å². The smallest absolute Gasteiger partial charge is 0.127 e. The van der Waals surface area contributed by atoms with Gasteiger partial charge in [0.1, 0.15) is 11.6 Å². The lowest BCUT2D eigenvalue weighted by atomic mass is 9.94. The van der Waals surface area contributed by atoms with E-state index in [-0.39, 0.29) is 11.9 Å². The second kappa shape index (κ2) is 5.88. The van der Waals surface area contributed by atoms with Crippen LogP contribution in [0.1, 0.15) is 52.0 Å². The molecule has 0 radical (unpaired) electrons. The molecule has 0 aliphatic heterocycles. The third kappa shape index (κ3) is 3.51. The SMILES string of the molecule is CCC(CC)c1cc(F)cc(OC(C)C)c1. The van der Waals surface area contributed by atoms with E-state index < -0.39 is 0 Å². The van der Waals surface area contributed by atoms with E-state index >= 15 is 0 Å². The van der Waals surface area contributed by atoms with E-state index in [1.807, 2.05) is 19.9 Å². The quantitative estimate of drug-likeness (QED) is 0.714. The summed E-state index contributed by atoms with van der Waals surface area (Å²) < 4.78 is 19.0. The molecule has 0 heterocycles. The lowest BCUT2D eigenvalue weighted by Gasteiger charge is -2.16. The van der Waals surface area contributed by atoms with Gasteiger partial charge in [0.05, 0.1) is 6.10 Å². The molecule has 0 saturated carbocycles. The molecule has 0 unspecified atom stereocenters. The molecule has 0 spiro atoms. The van der Waals surface area contributed by atoms with E-state index in [1.165, 1.54) is 6.07 Å². The molecule has 0 aliphatic rings. The maximum absolute atomic E-state index is 13.4. The summed E-state index contributed by atoms with van der Waals surface area (Å²) in [5.41, 5.74) is 1.04. The largest absolute Gasteiger partial charge is 0.491 e. The molecule has 2 heteroatoms. The number of benzene rings is 1. The van der Waals surface area contributed by atoms with E-state index in [2.05, 4.69) is 13.8 Å². The number of halogens is 1. The highest BCUT2D eigenvalue weighted by molar-refractivity contribution is 5.32. The summed E-state index contributed by atoms with van der Waals surface area (Å²) in [5, 5.41) is 0. The van der Waals surface area contributed by atoms with Crippen molar-refractivity contribution >= 4 is 0 Å². The van der Waals surface area contributed by atoms with E-state index in [0.29, 0.717) is 11.7 Å². The fourth-order valence-electron chi connectivity index (χ4n) is 1.92. The molecule has 90 valence electrons. The van der Waals surface area contributed by atoms with Crippen molar-refractivity contribution in [1.82, 2.24) is 0 Å². The van der Waals surface area contributed by atoms with Gasteiger partial charge in [0.25, 0.3) is 0 Å². The van der Waals surface area contributed by atoms with Crippen LogP contribution in [0.3, 0.4) is 0 Å². The van der Waals surface area contributed by atoms with Gasteiger partial charge in [-0.15, -0.1) is 0 Å². The van der Waals surface area contributed by atoms with Gasteiger partial charge in [-0.1, -0.05) is 13.8 Å². The van der Waals surface area contributed by atoms with Crippen LogP contribution >= 0.6 is 0 Å². The standard InChI is InChI=1S/C14H21FO/c1-5-11(6-2)12-7-13(15)9-14(8-12)16-10(3)4/h7-11H,5-6H2,1-4H3. The van der Waals surface area contributed by atoms with Crippen molar-refractivity contribution < 1.29 is 9.13 Å². The van der Waals surface area contributed by atoms with E-state index in [1.54, 1.807) is 6.07 Å². The summed E-state index contributed by atoms with van der Waals surface area (Å²) in [5.74, 6) is 0.849. The maximum Gasteiger partial charge on any atom is 0.127 e. The molecule has 0 fully saturated rings. The van der Waals surface area contributed by atoms with Gasteiger partial charge in [-0.3, -0.25) is 0 Å². The summed E-state index contributed by atoms with van der Waals surface area (Å²) in [6, 6.07) is 5.03. The maximum atomic E-state index is 13.4. The first-order chi connectivity index (χ1) is 7.56. The highest BCUT2D eigenvalue weighted by atomic mass is 19.1. The van der Waals surface area contributed by atoms with Gasteiger partial charge in [0, 0.05) is 6.07 Å². The molecule has 1 aromatic carbocycles. The Morgan fingerprint density at radius 3 is 2.25 bits per heavy atom. The highest BCUT2D eigenvalue weighted by Gasteiger charge is 2.10. The molecule has 1 aromatic rings. The summed E-state index contributed by atoms with van der Waals surface area (Å²) in [6.07, 6.45) is 2.14. The molecule has 1 nitrogen and oxygen atoms in total. The Kier molecular flexibility index (Phi) is 4.78. The van der Waals surface area contributed by atoms with E-state index in [4.69, 9.17) is 4.74 Å². The van der Waals surface area contributed by atoms with Crippen LogP contribution in [-0.4, -0.2) is 6.10 Å². The number of hydrogen-bond acceptors (Lipinski definition) is 1. The second-order valence-electron chi connectivity index (χ2n) is 4.40. The van der Waals surface area contributed by atoms with Gasteiger partial charge in [-0.2, -0.15) is 0 Å². The molecule has 0 saturated heterocycles. The van der Waals surface area contributed by atoms with Crippen LogP contribution in [-0.2, 0) is 0 Å². The fraction of sp³-hybridized carbons (Fsp3) is 0.571. The lowest BCUT2D eigenvalue weighted by Crippen LogP contribution is -2.06. The molecule has 0 bridgehead atoms. The Labute approximate surface area is 97.6 Å². The molecule has 16 heavy (non-hydrogen) atoms. The van der Waals surface area contributed by atoms with Crippen LogP contribution in [0.2, 0.25) is 0 Å². The van der Waals surface area contributed by atoms with Crippen molar-refractivity contribution in [2.75, 3.05) is 0 Å². The van der Waals surface area contributed by atoms with Crippen LogP contribution in [0, 0.1) is 5.82 Å². The van der Waals surface area contributed by atoms with Gasteiger partial charge in [-0.05, 0) is 50.3 Å². The normalized spacial score (nSPS) is 11.2. The third-order valence-electron chi connectivity index (χ3n) is 2.72. The minimum atomic E-state index is -0.208. The lowest BCUT2D eigenvalue weighted by molar-refractivity contribution is 0.241. The molecule has 0 N–H and O–H groups in total. The van der Waals surface area contributed by atoms with Crippen molar-refractivity contribution in [2.24, 2.45) is 0 Å². The summed E-state index contributed by atoms with van der Waals surface area (Å²) >= 11 is 0. The minimum Gasteiger partial charge on any atom is -0.491 e. The van der Waals surface area contributed by atoms with Crippen LogP contribution in [0.15, 0.2) is 18.2 Å². The number of hydrogen-bond donors (Lipinski definition) is 0. The van der Waals surface area contributed by atoms with Crippen molar-refractivity contribution in [3.05, 3.63) is 29.6 Å². The zero-order valence-electron chi connectivity index (χ0n) is 10.6. The van der Waals surface area contributed by atoms with Crippen LogP contribution in [0.4, 0.5) is 4.39 Å². The average molecular weight is 224 g/mol. The molecule has 0 aliphatic carbocycles. The monoisotopic (exact) mass is 224 g/mol. The van der Waals surface area contributed by atoms with Crippen LogP contribution < -0.4 is 4.74 Å². The van der Waals surface area contributed by atoms with Crippen LogP contribution in [0.25, 0.3) is 0 Å². The zero-order valence-corrected chi connectivity index (χ0v) is 10.6. The van der Waals surface area contributed by atoms with Gasteiger partial charge in [-0.25, -0.2) is 4.39 Å². The third-order valence-corrected chi connectivity index (χ3v) is 2.72. The van der Waals surface area contributed by atoms with Crippen molar-refractivity contribution in [2.45, 2.75) is 52.6 Å². The molecule has 0 amide bonds. The first-order valence-corrected chi connectivity index (χ1v) is 6.03. The Hall–Kier alpha value is -1.05. The Bertz CT molecular complexity index is 330. The van der Waals surface area contributed by atoms with Gasteiger partial charge in [0.15, 0.2) is 0 Å².